The van der Waals surface area contributed by atoms with Crippen LogP contribution in [-0.4, -0.2) is 10.9 Å². The molecule has 1 aliphatic rings. The Labute approximate surface area is 140 Å². The summed E-state index contributed by atoms with van der Waals surface area (Å²) >= 11 is 4.93. The van der Waals surface area contributed by atoms with Crippen molar-refractivity contribution in [1.82, 2.24) is 4.98 Å². The van der Waals surface area contributed by atoms with E-state index in [4.69, 9.17) is 0 Å². The fourth-order valence-electron chi connectivity index (χ4n) is 2.61. The Hall–Kier alpha value is -1.98. The smallest absolute Gasteiger partial charge is 0.257 e. The Kier molecular flexibility index (Phi) is 3.32. The number of amides is 1. The van der Waals surface area contributed by atoms with E-state index in [2.05, 4.69) is 38.4 Å². The second-order valence-electron chi connectivity index (χ2n) is 5.09. The largest absolute Gasteiger partial charge is 0.298 e. The van der Waals surface area contributed by atoms with E-state index in [0.29, 0.717) is 10.7 Å². The number of nitrogens with zero attached hydrogens (tertiary/aromatic N) is 1. The van der Waals surface area contributed by atoms with Gasteiger partial charge in [0, 0.05) is 26.9 Å². The van der Waals surface area contributed by atoms with Crippen molar-refractivity contribution in [3.8, 4) is 11.3 Å². The third kappa shape index (κ3) is 2.36. The molecule has 22 heavy (non-hydrogen) atoms. The van der Waals surface area contributed by atoms with E-state index in [9.17, 15) is 4.79 Å². The first-order chi connectivity index (χ1) is 10.7. The topological polar surface area (TPSA) is 42.0 Å². The van der Waals surface area contributed by atoms with E-state index in [1.807, 2.05) is 24.3 Å². The predicted molar refractivity (Wildman–Crippen MR) is 92.5 cm³/mol. The lowest BCUT2D eigenvalue weighted by Gasteiger charge is -2.02. The minimum atomic E-state index is -0.137. The summed E-state index contributed by atoms with van der Waals surface area (Å²) in [7, 11) is 0. The van der Waals surface area contributed by atoms with Gasteiger partial charge in [0.1, 0.15) is 0 Å². The SMILES string of the molecule is O=C(Nc1nc2c(s1)Cc1ccccc1-2)c1cccc(Br)c1. The molecule has 0 saturated carbocycles. The highest BCUT2D eigenvalue weighted by Gasteiger charge is 2.23. The van der Waals surface area contributed by atoms with Gasteiger partial charge in [-0.15, -0.1) is 11.3 Å². The number of thiazole rings is 1. The van der Waals surface area contributed by atoms with E-state index >= 15 is 0 Å². The van der Waals surface area contributed by atoms with Gasteiger partial charge in [-0.3, -0.25) is 10.1 Å². The predicted octanol–water partition coefficient (Wildman–Crippen LogP) is 4.73. The van der Waals surface area contributed by atoms with Crippen LogP contribution in [0.2, 0.25) is 0 Å². The van der Waals surface area contributed by atoms with Crippen molar-refractivity contribution < 1.29 is 4.79 Å². The highest BCUT2D eigenvalue weighted by atomic mass is 79.9. The van der Waals surface area contributed by atoms with Gasteiger partial charge in [-0.25, -0.2) is 4.98 Å². The zero-order valence-corrected chi connectivity index (χ0v) is 13.9. The van der Waals surface area contributed by atoms with Crippen LogP contribution in [0.3, 0.4) is 0 Å². The molecule has 1 aliphatic carbocycles. The molecular weight excluding hydrogens is 360 g/mol. The fraction of sp³-hybridized carbons (Fsp3) is 0.0588. The third-order valence-electron chi connectivity index (χ3n) is 3.63. The summed E-state index contributed by atoms with van der Waals surface area (Å²) in [5.41, 5.74) is 4.10. The summed E-state index contributed by atoms with van der Waals surface area (Å²) in [5.74, 6) is -0.137. The minimum absolute atomic E-state index is 0.137. The van der Waals surface area contributed by atoms with Crippen LogP contribution >= 0.6 is 27.3 Å². The number of hydrogen-bond acceptors (Lipinski definition) is 3. The van der Waals surface area contributed by atoms with Crippen LogP contribution in [0.25, 0.3) is 11.3 Å². The summed E-state index contributed by atoms with van der Waals surface area (Å²) < 4.78 is 0.885. The average Bonchev–Trinajstić information content (AvgIpc) is 3.04. The molecule has 3 nitrogen and oxygen atoms in total. The molecular formula is C17H11BrN2OS. The Balaban J connectivity index is 1.61. The monoisotopic (exact) mass is 370 g/mol. The summed E-state index contributed by atoms with van der Waals surface area (Å²) in [6, 6.07) is 15.6. The molecule has 1 heterocycles. The molecule has 4 rings (SSSR count). The first-order valence-electron chi connectivity index (χ1n) is 6.85. The summed E-state index contributed by atoms with van der Waals surface area (Å²) in [6.45, 7) is 0. The van der Waals surface area contributed by atoms with Gasteiger partial charge < -0.3 is 0 Å². The molecule has 0 bridgehead atoms. The standard InChI is InChI=1S/C17H11BrN2OS/c18-12-6-3-5-11(8-12)16(21)20-17-19-15-13-7-2-1-4-10(13)9-14(15)22-17/h1-8H,9H2,(H,19,20,21). The molecule has 5 heteroatoms. The molecule has 0 spiro atoms. The van der Waals surface area contributed by atoms with E-state index in [0.717, 1.165) is 16.6 Å². The molecule has 1 amide bonds. The number of halogens is 1. The maximum atomic E-state index is 12.3. The lowest BCUT2D eigenvalue weighted by atomic mass is 10.1. The molecule has 1 aromatic heterocycles. The molecule has 0 unspecified atom stereocenters. The van der Waals surface area contributed by atoms with E-state index < -0.39 is 0 Å². The Morgan fingerprint density at radius 2 is 2.05 bits per heavy atom. The second kappa shape index (κ2) is 5.34. The summed E-state index contributed by atoms with van der Waals surface area (Å²) in [6.07, 6.45) is 0.899. The van der Waals surface area contributed by atoms with E-state index in [1.54, 1.807) is 23.5 Å². The molecule has 0 radical (unpaired) electrons. The van der Waals surface area contributed by atoms with Crippen molar-refractivity contribution >= 4 is 38.3 Å². The van der Waals surface area contributed by atoms with Crippen LogP contribution in [0.4, 0.5) is 5.13 Å². The van der Waals surface area contributed by atoms with Crippen molar-refractivity contribution in [2.75, 3.05) is 5.32 Å². The molecule has 2 aromatic carbocycles. The first kappa shape index (κ1) is 13.7. The van der Waals surface area contributed by atoms with Gasteiger partial charge in [0.15, 0.2) is 5.13 Å². The van der Waals surface area contributed by atoms with Gasteiger partial charge in [0.2, 0.25) is 0 Å². The number of carbonyl (C=O) groups excluding carboxylic acids is 1. The van der Waals surface area contributed by atoms with Crippen molar-refractivity contribution in [2.24, 2.45) is 0 Å². The lowest BCUT2D eigenvalue weighted by molar-refractivity contribution is 0.102. The van der Waals surface area contributed by atoms with Gasteiger partial charge in [-0.1, -0.05) is 46.3 Å². The van der Waals surface area contributed by atoms with Crippen molar-refractivity contribution in [3.05, 3.63) is 69.0 Å². The molecule has 3 aromatic rings. The zero-order valence-electron chi connectivity index (χ0n) is 11.5. The molecule has 0 atom stereocenters. The normalized spacial score (nSPS) is 11.9. The van der Waals surface area contributed by atoms with Gasteiger partial charge in [-0.05, 0) is 23.8 Å². The lowest BCUT2D eigenvalue weighted by Crippen LogP contribution is -2.11. The molecule has 1 N–H and O–H groups in total. The van der Waals surface area contributed by atoms with Crippen LogP contribution in [0.15, 0.2) is 53.0 Å². The second-order valence-corrected chi connectivity index (χ2v) is 7.09. The number of fused-ring (bicyclic) bond motifs is 3. The summed E-state index contributed by atoms with van der Waals surface area (Å²) in [4.78, 5) is 18.1. The van der Waals surface area contributed by atoms with Gasteiger partial charge in [0.05, 0.1) is 5.69 Å². The highest BCUT2D eigenvalue weighted by molar-refractivity contribution is 9.10. The van der Waals surface area contributed by atoms with Crippen molar-refractivity contribution in [1.29, 1.82) is 0 Å². The number of aromatic nitrogens is 1. The number of rotatable bonds is 2. The van der Waals surface area contributed by atoms with E-state index in [-0.39, 0.29) is 5.91 Å². The Morgan fingerprint density at radius 3 is 2.91 bits per heavy atom. The van der Waals surface area contributed by atoms with Crippen LogP contribution in [0, 0.1) is 0 Å². The van der Waals surface area contributed by atoms with Gasteiger partial charge in [-0.2, -0.15) is 0 Å². The molecule has 0 fully saturated rings. The van der Waals surface area contributed by atoms with Crippen molar-refractivity contribution in [2.45, 2.75) is 6.42 Å². The van der Waals surface area contributed by atoms with Crippen molar-refractivity contribution in [3.63, 3.8) is 0 Å². The number of carbonyl (C=O) groups is 1. The average molecular weight is 371 g/mol. The quantitative estimate of drug-likeness (QED) is 0.554. The maximum Gasteiger partial charge on any atom is 0.257 e. The molecule has 0 aliphatic heterocycles. The maximum absolute atomic E-state index is 12.3. The van der Waals surface area contributed by atoms with E-state index in [1.165, 1.54) is 16.0 Å². The fourth-order valence-corrected chi connectivity index (χ4v) is 4.01. The third-order valence-corrected chi connectivity index (χ3v) is 5.09. The Morgan fingerprint density at radius 1 is 1.18 bits per heavy atom. The number of nitrogens with one attached hydrogen (secondary N) is 1. The zero-order chi connectivity index (χ0) is 15.1. The number of benzene rings is 2. The number of hydrogen-bond donors (Lipinski definition) is 1. The highest BCUT2D eigenvalue weighted by Crippen LogP contribution is 2.40. The van der Waals surface area contributed by atoms with Crippen LogP contribution < -0.4 is 5.32 Å². The molecule has 0 saturated heterocycles. The minimum Gasteiger partial charge on any atom is -0.298 e. The van der Waals surface area contributed by atoms with Gasteiger partial charge >= 0.3 is 0 Å². The number of anilines is 1. The van der Waals surface area contributed by atoms with Gasteiger partial charge in [0.25, 0.3) is 5.91 Å². The van der Waals surface area contributed by atoms with Crippen LogP contribution in [-0.2, 0) is 6.42 Å². The van der Waals surface area contributed by atoms with Crippen LogP contribution in [0.5, 0.6) is 0 Å². The Bertz CT molecular complexity index is 888. The van der Waals surface area contributed by atoms with Crippen LogP contribution in [0.1, 0.15) is 20.8 Å². The first-order valence-corrected chi connectivity index (χ1v) is 8.46. The molecule has 108 valence electrons. The summed E-state index contributed by atoms with van der Waals surface area (Å²) in [5, 5.41) is 3.55.